The lowest BCUT2D eigenvalue weighted by atomic mass is 10.1. The van der Waals surface area contributed by atoms with Crippen LogP contribution in [0.4, 0.5) is 0 Å². The number of hydrogen-bond donors (Lipinski definition) is 2. The van der Waals surface area contributed by atoms with Gasteiger partial charge in [0.05, 0.1) is 4.88 Å². The Labute approximate surface area is 109 Å². The van der Waals surface area contributed by atoms with Crippen LogP contribution in [-0.2, 0) is 6.42 Å². The van der Waals surface area contributed by atoms with Crippen molar-refractivity contribution in [1.82, 2.24) is 0 Å². The largest absolute Gasteiger partial charge is 0.508 e. The lowest BCUT2D eigenvalue weighted by Gasteiger charge is -2.01. The molecule has 1 aromatic heterocycles. The van der Waals surface area contributed by atoms with E-state index >= 15 is 0 Å². The van der Waals surface area contributed by atoms with Crippen LogP contribution >= 0.6 is 11.3 Å². The lowest BCUT2D eigenvalue weighted by molar-refractivity contribution is 0.100. The maximum absolute atomic E-state index is 11.0. The van der Waals surface area contributed by atoms with E-state index in [2.05, 4.69) is 6.58 Å². The van der Waals surface area contributed by atoms with Crippen molar-refractivity contribution in [2.24, 2.45) is 5.73 Å². The van der Waals surface area contributed by atoms with Gasteiger partial charge in [0, 0.05) is 16.9 Å². The Kier molecular flexibility index (Phi) is 3.48. The van der Waals surface area contributed by atoms with Crippen LogP contribution in [0.5, 0.6) is 0 Å². The lowest BCUT2D eigenvalue weighted by Crippen LogP contribution is -2.08. The predicted molar refractivity (Wildman–Crippen MR) is 73.7 cm³/mol. The molecule has 0 unspecified atom stereocenters. The molecule has 0 saturated heterocycles. The number of carbonyl (C=O) groups is 1. The topological polar surface area (TPSA) is 63.3 Å². The summed E-state index contributed by atoms with van der Waals surface area (Å²) in [6.07, 6.45) is 0.746. The molecule has 1 amide bonds. The number of rotatable bonds is 4. The molecule has 2 rings (SSSR count). The minimum atomic E-state index is -0.391. The van der Waals surface area contributed by atoms with Crippen LogP contribution in [0.3, 0.4) is 0 Å². The number of aliphatic hydroxyl groups excluding tert-OH is 1. The second-order valence-corrected chi connectivity index (χ2v) is 5.12. The molecular formula is C14H13NO2S. The van der Waals surface area contributed by atoms with Crippen molar-refractivity contribution in [3.63, 3.8) is 0 Å². The van der Waals surface area contributed by atoms with Gasteiger partial charge >= 0.3 is 0 Å². The monoisotopic (exact) mass is 259 g/mol. The Morgan fingerprint density at radius 2 is 1.89 bits per heavy atom. The van der Waals surface area contributed by atoms with Crippen LogP contribution < -0.4 is 5.73 Å². The van der Waals surface area contributed by atoms with Crippen molar-refractivity contribution in [2.75, 3.05) is 0 Å². The highest BCUT2D eigenvalue weighted by Gasteiger charge is 2.06. The number of primary amides is 1. The highest BCUT2D eigenvalue weighted by molar-refractivity contribution is 7.14. The Morgan fingerprint density at radius 3 is 2.39 bits per heavy atom. The molecule has 0 fully saturated rings. The van der Waals surface area contributed by atoms with Crippen molar-refractivity contribution >= 4 is 23.0 Å². The van der Waals surface area contributed by atoms with Gasteiger partial charge in [-0.3, -0.25) is 4.79 Å². The number of aliphatic hydroxyl groups is 1. The molecule has 0 spiro atoms. The standard InChI is InChI=1S/C14H13NO2S/c1-9(16)11-4-2-10(3-5-11)8-12-6-7-13(18-12)14(15)17/h2-7,16H,1,8H2,(H2,15,17). The van der Waals surface area contributed by atoms with Gasteiger partial charge in [-0.25, -0.2) is 0 Å². The van der Waals surface area contributed by atoms with E-state index in [0.29, 0.717) is 10.4 Å². The van der Waals surface area contributed by atoms with E-state index in [-0.39, 0.29) is 5.76 Å². The van der Waals surface area contributed by atoms with Gasteiger partial charge in [0.15, 0.2) is 0 Å². The number of hydrogen-bond acceptors (Lipinski definition) is 3. The molecule has 2 aromatic rings. The van der Waals surface area contributed by atoms with E-state index < -0.39 is 5.91 Å². The van der Waals surface area contributed by atoms with Crippen molar-refractivity contribution in [1.29, 1.82) is 0 Å². The normalized spacial score (nSPS) is 10.2. The molecule has 18 heavy (non-hydrogen) atoms. The van der Waals surface area contributed by atoms with Gasteiger partial charge in [0.25, 0.3) is 5.91 Å². The fraction of sp³-hybridized carbons (Fsp3) is 0.0714. The number of nitrogens with two attached hydrogens (primary N) is 1. The summed E-state index contributed by atoms with van der Waals surface area (Å²) in [7, 11) is 0. The first kappa shape index (κ1) is 12.4. The first-order valence-corrected chi connectivity index (χ1v) is 6.23. The average molecular weight is 259 g/mol. The average Bonchev–Trinajstić information content (AvgIpc) is 2.78. The fourth-order valence-corrected chi connectivity index (χ4v) is 2.52. The summed E-state index contributed by atoms with van der Waals surface area (Å²) in [4.78, 5) is 12.6. The van der Waals surface area contributed by atoms with Gasteiger partial charge in [-0.2, -0.15) is 0 Å². The van der Waals surface area contributed by atoms with Crippen molar-refractivity contribution in [3.8, 4) is 0 Å². The quantitative estimate of drug-likeness (QED) is 0.829. The molecule has 4 heteroatoms. The van der Waals surface area contributed by atoms with E-state index in [0.717, 1.165) is 16.9 Å². The highest BCUT2D eigenvalue weighted by Crippen LogP contribution is 2.20. The third-order valence-corrected chi connectivity index (χ3v) is 3.67. The van der Waals surface area contributed by atoms with Gasteiger partial charge in [-0.1, -0.05) is 30.8 Å². The zero-order valence-corrected chi connectivity index (χ0v) is 10.5. The zero-order valence-electron chi connectivity index (χ0n) is 9.72. The predicted octanol–water partition coefficient (Wildman–Crippen LogP) is 2.97. The summed E-state index contributed by atoms with van der Waals surface area (Å²) in [5.74, 6) is -0.327. The molecule has 0 radical (unpaired) electrons. The van der Waals surface area contributed by atoms with E-state index in [9.17, 15) is 9.90 Å². The molecule has 0 saturated carbocycles. The molecule has 0 bridgehead atoms. The Hall–Kier alpha value is -2.07. The SMILES string of the molecule is C=C(O)c1ccc(Cc2ccc(C(N)=O)s2)cc1. The van der Waals surface area contributed by atoms with Crippen molar-refractivity contribution in [3.05, 3.63) is 63.9 Å². The molecule has 0 aliphatic carbocycles. The molecule has 92 valence electrons. The zero-order chi connectivity index (χ0) is 13.1. The smallest absolute Gasteiger partial charge is 0.258 e. The van der Waals surface area contributed by atoms with Crippen LogP contribution in [0.15, 0.2) is 43.0 Å². The molecule has 3 N–H and O–H groups in total. The Morgan fingerprint density at radius 1 is 1.22 bits per heavy atom. The van der Waals surface area contributed by atoms with Gasteiger partial charge in [0.1, 0.15) is 5.76 Å². The fourth-order valence-electron chi connectivity index (χ4n) is 1.62. The van der Waals surface area contributed by atoms with Crippen LogP contribution in [0, 0.1) is 0 Å². The van der Waals surface area contributed by atoms with Crippen LogP contribution in [0.25, 0.3) is 5.76 Å². The molecular weight excluding hydrogens is 246 g/mol. The summed E-state index contributed by atoms with van der Waals surface area (Å²) >= 11 is 1.40. The first-order valence-electron chi connectivity index (χ1n) is 5.42. The van der Waals surface area contributed by atoms with Crippen LogP contribution in [-0.4, -0.2) is 11.0 Å². The van der Waals surface area contributed by atoms with Crippen molar-refractivity contribution in [2.45, 2.75) is 6.42 Å². The molecule has 3 nitrogen and oxygen atoms in total. The summed E-state index contributed by atoms with van der Waals surface area (Å²) in [5.41, 5.74) is 7.03. The molecule has 0 atom stereocenters. The maximum Gasteiger partial charge on any atom is 0.258 e. The maximum atomic E-state index is 11.0. The molecule has 1 heterocycles. The first-order chi connectivity index (χ1) is 8.56. The van der Waals surface area contributed by atoms with Gasteiger partial charge < -0.3 is 10.8 Å². The van der Waals surface area contributed by atoms with Crippen LogP contribution in [0.2, 0.25) is 0 Å². The Balaban J connectivity index is 2.13. The van der Waals surface area contributed by atoms with E-state index in [1.807, 2.05) is 30.3 Å². The van der Waals surface area contributed by atoms with Crippen molar-refractivity contribution < 1.29 is 9.90 Å². The summed E-state index contributed by atoms with van der Waals surface area (Å²) in [6.45, 7) is 3.47. The van der Waals surface area contributed by atoms with E-state index in [4.69, 9.17) is 5.73 Å². The molecule has 0 aliphatic heterocycles. The number of carbonyl (C=O) groups excluding carboxylic acids is 1. The second-order valence-electron chi connectivity index (χ2n) is 3.95. The Bertz CT molecular complexity index is 584. The second kappa shape index (κ2) is 5.06. The number of benzene rings is 1. The van der Waals surface area contributed by atoms with Gasteiger partial charge in [-0.15, -0.1) is 11.3 Å². The summed E-state index contributed by atoms with van der Waals surface area (Å²) in [6, 6.07) is 11.2. The third kappa shape index (κ3) is 2.78. The minimum Gasteiger partial charge on any atom is -0.508 e. The van der Waals surface area contributed by atoms with E-state index in [1.54, 1.807) is 6.07 Å². The van der Waals surface area contributed by atoms with Gasteiger partial charge in [0.2, 0.25) is 0 Å². The number of thiophene rings is 1. The minimum absolute atomic E-state index is 0.0636. The summed E-state index contributed by atoms with van der Waals surface area (Å²) < 4.78 is 0. The van der Waals surface area contributed by atoms with Gasteiger partial charge in [-0.05, 0) is 17.7 Å². The third-order valence-electron chi connectivity index (χ3n) is 2.57. The number of amides is 1. The molecule has 0 aliphatic rings. The summed E-state index contributed by atoms with van der Waals surface area (Å²) in [5, 5.41) is 9.22. The highest BCUT2D eigenvalue weighted by atomic mass is 32.1. The van der Waals surface area contributed by atoms with E-state index in [1.165, 1.54) is 11.3 Å². The van der Waals surface area contributed by atoms with Crippen LogP contribution in [0.1, 0.15) is 25.7 Å². The molecule has 1 aromatic carbocycles.